The van der Waals surface area contributed by atoms with E-state index in [1.165, 1.54) is 25.1 Å². The van der Waals surface area contributed by atoms with Crippen LogP contribution in [0.15, 0.2) is 23.1 Å². The van der Waals surface area contributed by atoms with Gasteiger partial charge in [0.15, 0.2) is 0 Å². The van der Waals surface area contributed by atoms with Gasteiger partial charge in [-0.3, -0.25) is 4.79 Å². The van der Waals surface area contributed by atoms with Gasteiger partial charge < -0.3 is 5.11 Å². The maximum absolute atomic E-state index is 11.9. The summed E-state index contributed by atoms with van der Waals surface area (Å²) in [4.78, 5) is 10.5. The third-order valence-electron chi connectivity index (χ3n) is 2.66. The lowest BCUT2D eigenvalue weighted by Gasteiger charge is -2.09. The first-order valence-electron chi connectivity index (χ1n) is 5.70. The summed E-state index contributed by atoms with van der Waals surface area (Å²) in [5, 5.41) is 17.5. The average molecular weight is 317 g/mol. The summed E-state index contributed by atoms with van der Waals surface area (Å²) in [6.45, 7) is 1.50. The molecule has 108 valence electrons. The number of halogens is 1. The lowest BCUT2D eigenvalue weighted by Crippen LogP contribution is -2.27. The second-order valence-electron chi connectivity index (χ2n) is 4.18. The van der Waals surface area contributed by atoms with Crippen molar-refractivity contribution >= 4 is 27.6 Å². The van der Waals surface area contributed by atoms with Crippen LogP contribution in [0.5, 0.6) is 0 Å². The second kappa shape index (κ2) is 6.70. The van der Waals surface area contributed by atoms with Gasteiger partial charge in [-0.1, -0.05) is 18.5 Å². The minimum atomic E-state index is -3.77. The molecule has 0 aliphatic rings. The smallest absolute Gasteiger partial charge is 0.306 e. The van der Waals surface area contributed by atoms with Crippen LogP contribution in [-0.4, -0.2) is 26.0 Å². The highest BCUT2D eigenvalue weighted by Crippen LogP contribution is 2.20. The van der Waals surface area contributed by atoms with Crippen LogP contribution >= 0.6 is 11.6 Å². The number of nitrogens with one attached hydrogen (secondary N) is 1. The summed E-state index contributed by atoms with van der Waals surface area (Å²) in [7, 11) is -3.77. The van der Waals surface area contributed by atoms with E-state index in [-0.39, 0.29) is 28.4 Å². The van der Waals surface area contributed by atoms with Gasteiger partial charge in [0, 0.05) is 6.54 Å². The normalized spacial score (nSPS) is 12.7. The Morgan fingerprint density at radius 1 is 1.55 bits per heavy atom. The summed E-state index contributed by atoms with van der Waals surface area (Å²) in [6, 6.07) is 5.60. The van der Waals surface area contributed by atoms with Crippen molar-refractivity contribution in [2.75, 3.05) is 6.54 Å². The summed E-state index contributed by atoms with van der Waals surface area (Å²) in [5.74, 6) is -1.62. The lowest BCUT2D eigenvalue weighted by molar-refractivity contribution is -0.141. The predicted octanol–water partition coefficient (Wildman–Crippen LogP) is 1.60. The Morgan fingerprint density at radius 2 is 2.20 bits per heavy atom. The summed E-state index contributed by atoms with van der Waals surface area (Å²) >= 11 is 5.77. The molecule has 2 N–H and O–H groups in total. The molecule has 0 heterocycles. The number of rotatable bonds is 6. The van der Waals surface area contributed by atoms with E-state index in [1.54, 1.807) is 0 Å². The van der Waals surface area contributed by atoms with Crippen LogP contribution in [0.1, 0.15) is 18.9 Å². The van der Waals surface area contributed by atoms with Crippen LogP contribution in [0.2, 0.25) is 5.02 Å². The zero-order valence-corrected chi connectivity index (χ0v) is 12.2. The van der Waals surface area contributed by atoms with Crippen LogP contribution < -0.4 is 4.72 Å². The van der Waals surface area contributed by atoms with Gasteiger partial charge in [-0.05, 0) is 24.6 Å². The SMILES string of the molecule is CC(CCNS(=O)(=O)c1ccc(C#N)c(Cl)c1)C(=O)O. The maximum Gasteiger partial charge on any atom is 0.306 e. The van der Waals surface area contributed by atoms with Gasteiger partial charge in [-0.2, -0.15) is 5.26 Å². The summed E-state index contributed by atoms with van der Waals surface area (Å²) in [6.07, 6.45) is 0.179. The Morgan fingerprint density at radius 3 is 2.70 bits per heavy atom. The quantitative estimate of drug-likeness (QED) is 0.829. The molecular formula is C12H13ClN2O4S. The van der Waals surface area contributed by atoms with Crippen molar-refractivity contribution in [3.63, 3.8) is 0 Å². The number of aliphatic carboxylic acids is 1. The van der Waals surface area contributed by atoms with Gasteiger partial charge >= 0.3 is 5.97 Å². The monoisotopic (exact) mass is 316 g/mol. The molecule has 0 amide bonds. The number of hydrogen-bond donors (Lipinski definition) is 2. The van der Waals surface area contributed by atoms with Crippen molar-refractivity contribution in [1.29, 1.82) is 5.26 Å². The highest BCUT2D eigenvalue weighted by molar-refractivity contribution is 7.89. The average Bonchev–Trinajstić information content (AvgIpc) is 2.38. The van der Waals surface area contributed by atoms with E-state index in [0.717, 1.165) is 0 Å². The van der Waals surface area contributed by atoms with Crippen molar-refractivity contribution in [2.45, 2.75) is 18.2 Å². The fourth-order valence-electron chi connectivity index (χ4n) is 1.37. The molecule has 1 unspecified atom stereocenters. The molecule has 1 rings (SSSR count). The molecule has 8 heteroatoms. The van der Waals surface area contributed by atoms with Crippen molar-refractivity contribution in [3.8, 4) is 6.07 Å². The molecule has 0 aromatic heterocycles. The van der Waals surface area contributed by atoms with Gasteiger partial charge in [-0.25, -0.2) is 13.1 Å². The second-order valence-corrected chi connectivity index (χ2v) is 6.35. The Balaban J connectivity index is 2.77. The van der Waals surface area contributed by atoms with Crippen LogP contribution in [0.25, 0.3) is 0 Å². The van der Waals surface area contributed by atoms with E-state index in [2.05, 4.69) is 4.72 Å². The van der Waals surface area contributed by atoms with E-state index < -0.39 is 21.9 Å². The molecule has 1 aromatic rings. The third kappa shape index (κ3) is 4.20. The van der Waals surface area contributed by atoms with Crippen molar-refractivity contribution < 1.29 is 18.3 Å². The predicted molar refractivity (Wildman–Crippen MR) is 72.8 cm³/mol. The molecule has 1 atom stereocenters. The number of carbonyl (C=O) groups is 1. The van der Waals surface area contributed by atoms with E-state index in [0.29, 0.717) is 0 Å². The minimum absolute atomic E-state index is 0.00736. The number of sulfonamides is 1. The molecule has 0 radical (unpaired) electrons. The molecule has 6 nitrogen and oxygen atoms in total. The van der Waals surface area contributed by atoms with Crippen molar-refractivity contribution in [3.05, 3.63) is 28.8 Å². The molecule has 0 fully saturated rings. The minimum Gasteiger partial charge on any atom is -0.481 e. The van der Waals surface area contributed by atoms with E-state index >= 15 is 0 Å². The molecule has 0 aliphatic heterocycles. The highest BCUT2D eigenvalue weighted by atomic mass is 35.5. The maximum atomic E-state index is 11.9. The number of carboxylic acids is 1. The van der Waals surface area contributed by atoms with Gasteiger partial charge in [0.05, 0.1) is 21.4 Å². The molecule has 0 bridgehead atoms. The number of benzene rings is 1. The molecule has 0 saturated carbocycles. The largest absolute Gasteiger partial charge is 0.481 e. The van der Waals surface area contributed by atoms with Crippen LogP contribution in [-0.2, 0) is 14.8 Å². The third-order valence-corrected chi connectivity index (χ3v) is 4.43. The molecule has 20 heavy (non-hydrogen) atoms. The molecular weight excluding hydrogens is 304 g/mol. The molecule has 0 aliphatic carbocycles. The van der Waals surface area contributed by atoms with Crippen molar-refractivity contribution in [1.82, 2.24) is 4.72 Å². The summed E-state index contributed by atoms with van der Waals surface area (Å²) in [5.41, 5.74) is 0.185. The first-order chi connectivity index (χ1) is 9.27. The van der Waals surface area contributed by atoms with Crippen molar-refractivity contribution in [2.24, 2.45) is 5.92 Å². The van der Waals surface area contributed by atoms with E-state index in [4.69, 9.17) is 22.0 Å². The van der Waals surface area contributed by atoms with Gasteiger partial charge in [0.25, 0.3) is 0 Å². The molecule has 0 spiro atoms. The number of nitrogens with zero attached hydrogens (tertiary/aromatic N) is 1. The Kier molecular flexibility index (Phi) is 5.51. The lowest BCUT2D eigenvalue weighted by atomic mass is 10.1. The zero-order valence-electron chi connectivity index (χ0n) is 10.6. The fraction of sp³-hybridized carbons (Fsp3) is 0.333. The zero-order chi connectivity index (χ0) is 15.3. The summed E-state index contributed by atoms with van der Waals surface area (Å²) < 4.78 is 26.2. The van der Waals surface area contributed by atoms with Gasteiger partial charge in [0.1, 0.15) is 6.07 Å². The Hall–Kier alpha value is -1.62. The molecule has 0 saturated heterocycles. The van der Waals surface area contributed by atoms with Crippen LogP contribution in [0.4, 0.5) is 0 Å². The number of carboxylic acid groups (broad SMARTS) is 1. The molecule has 1 aromatic carbocycles. The van der Waals surface area contributed by atoms with E-state index in [1.807, 2.05) is 6.07 Å². The fourth-order valence-corrected chi connectivity index (χ4v) is 2.73. The number of hydrogen-bond acceptors (Lipinski definition) is 4. The number of nitriles is 1. The standard InChI is InChI=1S/C12H13ClN2O4S/c1-8(12(16)17)4-5-15-20(18,19)10-3-2-9(7-14)11(13)6-10/h2-3,6,8,15H,4-5H2,1H3,(H,16,17). The van der Waals surface area contributed by atoms with E-state index in [9.17, 15) is 13.2 Å². The highest BCUT2D eigenvalue weighted by Gasteiger charge is 2.17. The first kappa shape index (κ1) is 16.4. The van der Waals surface area contributed by atoms with Crippen LogP contribution in [0, 0.1) is 17.2 Å². The Bertz CT molecular complexity index is 652. The van der Waals surface area contributed by atoms with Crippen LogP contribution in [0.3, 0.4) is 0 Å². The topological polar surface area (TPSA) is 107 Å². The van der Waals surface area contributed by atoms with Gasteiger partial charge in [0.2, 0.25) is 10.0 Å². The first-order valence-corrected chi connectivity index (χ1v) is 7.56. The van der Waals surface area contributed by atoms with Gasteiger partial charge in [-0.15, -0.1) is 0 Å². The Labute approximate surface area is 122 Å².